The minimum Gasteiger partial charge on any atom is -0.338 e. The summed E-state index contributed by atoms with van der Waals surface area (Å²) in [6.07, 6.45) is 7.40. The SMILES string of the molecule is CCC(C)(C#N)NC(=O)C1CCCCCC1. The first-order valence-corrected chi connectivity index (χ1v) is 6.34. The highest BCUT2D eigenvalue weighted by molar-refractivity contribution is 5.79. The molecule has 0 aromatic carbocycles. The van der Waals surface area contributed by atoms with E-state index in [0.29, 0.717) is 6.42 Å². The summed E-state index contributed by atoms with van der Waals surface area (Å²) < 4.78 is 0. The van der Waals surface area contributed by atoms with Gasteiger partial charge in [0.15, 0.2) is 0 Å². The third-order valence-corrected chi connectivity index (χ3v) is 3.58. The zero-order valence-corrected chi connectivity index (χ0v) is 10.4. The van der Waals surface area contributed by atoms with Crippen molar-refractivity contribution in [1.29, 1.82) is 5.26 Å². The van der Waals surface area contributed by atoms with Gasteiger partial charge < -0.3 is 5.32 Å². The summed E-state index contributed by atoms with van der Waals surface area (Å²) in [6.45, 7) is 3.72. The first kappa shape index (κ1) is 13.0. The van der Waals surface area contributed by atoms with Gasteiger partial charge in [0.1, 0.15) is 5.54 Å². The maximum atomic E-state index is 12.0. The van der Waals surface area contributed by atoms with Crippen LogP contribution in [0.2, 0.25) is 0 Å². The number of hydrogen-bond acceptors (Lipinski definition) is 2. The molecule has 3 heteroatoms. The van der Waals surface area contributed by atoms with Crippen molar-refractivity contribution in [2.75, 3.05) is 0 Å². The number of nitrogens with zero attached hydrogens (tertiary/aromatic N) is 1. The molecule has 16 heavy (non-hydrogen) atoms. The number of nitriles is 1. The molecular weight excluding hydrogens is 200 g/mol. The Bertz CT molecular complexity index is 274. The summed E-state index contributed by atoms with van der Waals surface area (Å²) in [5, 5.41) is 11.9. The standard InChI is InChI=1S/C13H22N2O/c1-3-13(2,10-14)15-12(16)11-8-6-4-5-7-9-11/h11H,3-9H2,1-2H3,(H,15,16). The molecule has 1 aliphatic carbocycles. The van der Waals surface area contributed by atoms with E-state index in [1.54, 1.807) is 6.92 Å². The molecule has 0 bridgehead atoms. The molecule has 0 heterocycles. The Morgan fingerprint density at radius 3 is 2.38 bits per heavy atom. The van der Waals surface area contributed by atoms with Gasteiger partial charge in [-0.05, 0) is 26.2 Å². The Hall–Kier alpha value is -1.04. The van der Waals surface area contributed by atoms with E-state index in [2.05, 4.69) is 11.4 Å². The topological polar surface area (TPSA) is 52.9 Å². The predicted octanol–water partition coefficient (Wildman–Crippen LogP) is 2.77. The van der Waals surface area contributed by atoms with E-state index in [0.717, 1.165) is 25.7 Å². The van der Waals surface area contributed by atoms with Crippen molar-refractivity contribution in [1.82, 2.24) is 5.32 Å². The molecule has 0 spiro atoms. The van der Waals surface area contributed by atoms with E-state index in [9.17, 15) is 4.79 Å². The van der Waals surface area contributed by atoms with Crippen molar-refractivity contribution in [2.45, 2.75) is 64.3 Å². The van der Waals surface area contributed by atoms with E-state index >= 15 is 0 Å². The van der Waals surface area contributed by atoms with Crippen LogP contribution in [0, 0.1) is 17.2 Å². The van der Waals surface area contributed by atoms with Crippen LogP contribution in [-0.2, 0) is 4.79 Å². The first-order chi connectivity index (χ1) is 7.61. The number of carbonyl (C=O) groups is 1. The number of rotatable bonds is 3. The van der Waals surface area contributed by atoms with Crippen LogP contribution in [0.25, 0.3) is 0 Å². The molecule has 0 aliphatic heterocycles. The Balaban J connectivity index is 2.53. The normalized spacial score (nSPS) is 21.6. The number of carbonyl (C=O) groups excluding carboxylic acids is 1. The van der Waals surface area contributed by atoms with Crippen LogP contribution in [0.4, 0.5) is 0 Å². The third-order valence-electron chi connectivity index (χ3n) is 3.58. The van der Waals surface area contributed by atoms with E-state index in [1.807, 2.05) is 6.92 Å². The van der Waals surface area contributed by atoms with Gasteiger partial charge in [-0.15, -0.1) is 0 Å². The van der Waals surface area contributed by atoms with Gasteiger partial charge in [-0.3, -0.25) is 4.79 Å². The molecule has 1 aliphatic rings. The largest absolute Gasteiger partial charge is 0.338 e. The minimum absolute atomic E-state index is 0.0767. The summed E-state index contributed by atoms with van der Waals surface area (Å²) in [6, 6.07) is 2.18. The first-order valence-electron chi connectivity index (χ1n) is 6.34. The fraction of sp³-hybridized carbons (Fsp3) is 0.846. The van der Waals surface area contributed by atoms with Crippen molar-refractivity contribution >= 4 is 5.91 Å². The predicted molar refractivity (Wildman–Crippen MR) is 63.6 cm³/mol. The van der Waals surface area contributed by atoms with Crippen LogP contribution < -0.4 is 5.32 Å². The van der Waals surface area contributed by atoms with Crippen LogP contribution in [0.3, 0.4) is 0 Å². The second kappa shape index (κ2) is 5.89. The van der Waals surface area contributed by atoms with Crippen molar-refractivity contribution in [3.63, 3.8) is 0 Å². The summed E-state index contributed by atoms with van der Waals surface area (Å²) in [7, 11) is 0. The lowest BCUT2D eigenvalue weighted by Gasteiger charge is -2.24. The second-order valence-corrected chi connectivity index (χ2v) is 4.98. The highest BCUT2D eigenvalue weighted by Crippen LogP contribution is 2.23. The Labute approximate surface area is 98.2 Å². The molecule has 1 amide bonds. The van der Waals surface area contributed by atoms with Crippen molar-refractivity contribution in [2.24, 2.45) is 5.92 Å². The van der Waals surface area contributed by atoms with E-state index in [4.69, 9.17) is 5.26 Å². The van der Waals surface area contributed by atoms with Gasteiger partial charge in [0.2, 0.25) is 5.91 Å². The lowest BCUT2D eigenvalue weighted by molar-refractivity contribution is -0.126. The molecule has 0 aromatic rings. The number of amides is 1. The Morgan fingerprint density at radius 2 is 1.94 bits per heavy atom. The third kappa shape index (κ3) is 3.52. The molecule has 1 saturated carbocycles. The van der Waals surface area contributed by atoms with E-state index in [1.165, 1.54) is 12.8 Å². The Kier molecular flexibility index (Phi) is 4.79. The fourth-order valence-corrected chi connectivity index (χ4v) is 2.11. The van der Waals surface area contributed by atoms with E-state index < -0.39 is 5.54 Å². The van der Waals surface area contributed by atoms with Crippen molar-refractivity contribution in [3.05, 3.63) is 0 Å². The lowest BCUT2D eigenvalue weighted by atomic mass is 9.95. The van der Waals surface area contributed by atoms with Crippen LogP contribution in [0.15, 0.2) is 0 Å². The summed E-state index contributed by atoms with van der Waals surface area (Å²) in [5.41, 5.74) is -0.691. The Morgan fingerprint density at radius 1 is 1.38 bits per heavy atom. The van der Waals surface area contributed by atoms with Crippen LogP contribution in [0.1, 0.15) is 58.8 Å². The molecule has 0 aromatic heterocycles. The monoisotopic (exact) mass is 222 g/mol. The lowest BCUT2D eigenvalue weighted by Crippen LogP contribution is -2.46. The smallest absolute Gasteiger partial charge is 0.224 e. The number of nitrogens with one attached hydrogen (secondary N) is 1. The fourth-order valence-electron chi connectivity index (χ4n) is 2.11. The van der Waals surface area contributed by atoms with Crippen LogP contribution in [0.5, 0.6) is 0 Å². The van der Waals surface area contributed by atoms with Gasteiger partial charge in [-0.1, -0.05) is 32.6 Å². The average molecular weight is 222 g/mol. The van der Waals surface area contributed by atoms with Gasteiger partial charge in [-0.25, -0.2) is 0 Å². The van der Waals surface area contributed by atoms with Gasteiger partial charge >= 0.3 is 0 Å². The molecule has 90 valence electrons. The van der Waals surface area contributed by atoms with Crippen molar-refractivity contribution < 1.29 is 4.79 Å². The second-order valence-electron chi connectivity index (χ2n) is 4.98. The van der Waals surface area contributed by atoms with Gasteiger partial charge in [-0.2, -0.15) is 5.26 Å². The highest BCUT2D eigenvalue weighted by Gasteiger charge is 2.28. The summed E-state index contributed by atoms with van der Waals surface area (Å²) >= 11 is 0. The quantitative estimate of drug-likeness (QED) is 0.746. The van der Waals surface area contributed by atoms with E-state index in [-0.39, 0.29) is 11.8 Å². The minimum atomic E-state index is -0.691. The van der Waals surface area contributed by atoms with Gasteiger partial charge in [0.05, 0.1) is 6.07 Å². The van der Waals surface area contributed by atoms with Gasteiger partial charge in [0.25, 0.3) is 0 Å². The number of hydrogen-bond donors (Lipinski definition) is 1. The highest BCUT2D eigenvalue weighted by atomic mass is 16.2. The van der Waals surface area contributed by atoms with Gasteiger partial charge in [0, 0.05) is 5.92 Å². The maximum absolute atomic E-state index is 12.0. The van der Waals surface area contributed by atoms with Crippen LogP contribution in [-0.4, -0.2) is 11.4 Å². The molecule has 0 radical (unpaired) electrons. The maximum Gasteiger partial charge on any atom is 0.224 e. The zero-order chi connectivity index (χ0) is 12.0. The van der Waals surface area contributed by atoms with Crippen LogP contribution >= 0.6 is 0 Å². The van der Waals surface area contributed by atoms with Crippen molar-refractivity contribution in [3.8, 4) is 6.07 Å². The molecule has 1 N–H and O–H groups in total. The zero-order valence-electron chi connectivity index (χ0n) is 10.4. The molecule has 0 saturated heterocycles. The molecule has 1 fully saturated rings. The molecule has 1 atom stereocenters. The summed E-state index contributed by atoms with van der Waals surface area (Å²) in [5.74, 6) is 0.203. The molecule has 1 rings (SSSR count). The summed E-state index contributed by atoms with van der Waals surface area (Å²) in [4.78, 5) is 12.0. The molecular formula is C13H22N2O. The molecule has 3 nitrogen and oxygen atoms in total. The average Bonchev–Trinajstić information content (AvgIpc) is 2.57. The molecule has 1 unspecified atom stereocenters.